The van der Waals surface area contributed by atoms with E-state index >= 15 is 0 Å². The van der Waals surface area contributed by atoms with Crippen LogP contribution in [-0.2, 0) is 12.5 Å². The molecule has 0 aliphatic rings. The van der Waals surface area contributed by atoms with Gasteiger partial charge < -0.3 is 9.47 Å². The third kappa shape index (κ3) is 7.81. The zero-order chi connectivity index (χ0) is 29.0. The van der Waals surface area contributed by atoms with Crippen molar-refractivity contribution in [2.24, 2.45) is 0 Å². The van der Waals surface area contributed by atoms with Crippen LogP contribution in [0.15, 0.2) is 42.5 Å². The van der Waals surface area contributed by atoms with Crippen LogP contribution >= 0.6 is 0 Å². The molecule has 0 aliphatic heterocycles. The first-order chi connectivity index (χ1) is 18.2. The molecule has 0 unspecified atom stereocenters. The van der Waals surface area contributed by atoms with E-state index in [2.05, 4.69) is 21.3 Å². The van der Waals surface area contributed by atoms with Crippen molar-refractivity contribution in [3.63, 3.8) is 0 Å². The first kappa shape index (κ1) is 29.7. The second kappa shape index (κ2) is 11.9. The lowest BCUT2D eigenvalue weighted by Crippen LogP contribution is -2.25. The van der Waals surface area contributed by atoms with Gasteiger partial charge in [0.15, 0.2) is 11.6 Å². The molecule has 0 saturated heterocycles. The highest BCUT2D eigenvalue weighted by molar-refractivity contribution is 5.47. The molecule has 3 rings (SSSR count). The summed E-state index contributed by atoms with van der Waals surface area (Å²) in [5.41, 5.74) is -2.44. The molecule has 0 spiro atoms. The number of hydrogen-bond acceptors (Lipinski definition) is 2. The van der Waals surface area contributed by atoms with Crippen LogP contribution in [0, 0.1) is 40.9 Å². The van der Waals surface area contributed by atoms with Crippen LogP contribution in [0.1, 0.15) is 48.4 Å². The zero-order valence-electron chi connectivity index (χ0n) is 20.0. The van der Waals surface area contributed by atoms with Gasteiger partial charge in [-0.25, -0.2) is 22.0 Å². The molecule has 0 radical (unpaired) electrons. The van der Waals surface area contributed by atoms with Crippen LogP contribution in [0.5, 0.6) is 11.5 Å². The van der Waals surface area contributed by atoms with E-state index in [0.29, 0.717) is 24.6 Å². The Morgan fingerprint density at radius 3 is 1.85 bits per heavy atom. The number of hydrogen-bond donors (Lipinski definition) is 0. The van der Waals surface area contributed by atoms with Crippen molar-refractivity contribution in [3.8, 4) is 23.3 Å². The van der Waals surface area contributed by atoms with Gasteiger partial charge in [-0.3, -0.25) is 0 Å². The summed E-state index contributed by atoms with van der Waals surface area (Å²) in [6.07, 6.45) is -7.35. The Labute approximate surface area is 216 Å². The van der Waals surface area contributed by atoms with Gasteiger partial charge >= 0.3 is 12.5 Å². The van der Waals surface area contributed by atoms with E-state index in [0.717, 1.165) is 37.1 Å². The Hall–Kier alpha value is -3.88. The number of rotatable bonds is 8. The quantitative estimate of drug-likeness (QED) is 0.155. The molecule has 0 heterocycles. The topological polar surface area (TPSA) is 18.5 Å². The summed E-state index contributed by atoms with van der Waals surface area (Å²) in [5, 5.41) is 0. The maximum atomic E-state index is 14.6. The molecule has 208 valence electrons. The van der Waals surface area contributed by atoms with Crippen molar-refractivity contribution in [3.05, 3.63) is 93.8 Å². The first-order valence-electron chi connectivity index (χ1n) is 11.3. The third-order valence-electron chi connectivity index (χ3n) is 5.21. The van der Waals surface area contributed by atoms with Crippen LogP contribution in [0.2, 0.25) is 0 Å². The minimum atomic E-state index is -5.35. The Kier molecular flexibility index (Phi) is 9.04. The van der Waals surface area contributed by atoms with Gasteiger partial charge in [0.2, 0.25) is 5.75 Å². The summed E-state index contributed by atoms with van der Waals surface area (Å²) in [7, 11) is 0. The van der Waals surface area contributed by atoms with E-state index in [1.54, 1.807) is 0 Å². The van der Waals surface area contributed by atoms with Crippen LogP contribution in [0.3, 0.4) is 0 Å². The van der Waals surface area contributed by atoms with Crippen LogP contribution < -0.4 is 9.47 Å². The van der Waals surface area contributed by atoms with Crippen molar-refractivity contribution in [1.82, 2.24) is 0 Å². The van der Waals surface area contributed by atoms with Crippen LogP contribution in [-0.4, -0.2) is 6.36 Å². The summed E-state index contributed by atoms with van der Waals surface area (Å²) in [6, 6.07) is 4.45. The zero-order valence-corrected chi connectivity index (χ0v) is 20.0. The first-order valence-corrected chi connectivity index (χ1v) is 11.3. The van der Waals surface area contributed by atoms with Gasteiger partial charge in [-0.1, -0.05) is 31.6 Å². The van der Waals surface area contributed by atoms with Gasteiger partial charge in [0.05, 0.1) is 5.56 Å². The fourth-order valence-electron chi connectivity index (χ4n) is 3.47. The minimum Gasteiger partial charge on any atom is -0.429 e. The maximum absolute atomic E-state index is 14.6. The monoisotopic (exact) mass is 564 g/mol. The van der Waals surface area contributed by atoms with Gasteiger partial charge in [-0.2, -0.15) is 8.78 Å². The molecule has 39 heavy (non-hydrogen) atoms. The van der Waals surface area contributed by atoms with Gasteiger partial charge in [0, 0.05) is 11.6 Å². The lowest BCUT2D eigenvalue weighted by Gasteiger charge is -2.20. The van der Waals surface area contributed by atoms with E-state index in [1.807, 2.05) is 6.92 Å². The number of aryl methyl sites for hydroxylation is 1. The van der Waals surface area contributed by atoms with Crippen molar-refractivity contribution in [2.45, 2.75) is 45.1 Å². The van der Waals surface area contributed by atoms with Crippen molar-refractivity contribution in [2.75, 3.05) is 0 Å². The number of alkyl halides is 5. The number of benzene rings is 3. The molecular formula is C27H18F10O2. The molecule has 0 aliphatic carbocycles. The molecule has 0 aromatic heterocycles. The Bertz CT molecular complexity index is 1360. The molecular weight excluding hydrogens is 546 g/mol. The molecule has 3 aromatic rings. The summed E-state index contributed by atoms with van der Waals surface area (Å²) in [4.78, 5) is 0. The van der Waals surface area contributed by atoms with Crippen molar-refractivity contribution >= 4 is 0 Å². The second-order valence-electron chi connectivity index (χ2n) is 8.22. The SMILES string of the molecule is CCCCCc1cc(F)c(C(F)(F)Oc2ccc(C#Cc3cc(F)c(OC(F)(F)F)c(F)c3)c(F)c2)c(F)c1. The van der Waals surface area contributed by atoms with Crippen LogP contribution in [0.4, 0.5) is 43.9 Å². The van der Waals surface area contributed by atoms with Crippen molar-refractivity contribution in [1.29, 1.82) is 0 Å². The number of unbranched alkanes of at least 4 members (excludes halogenated alkanes) is 2. The number of halogens is 10. The molecule has 12 heteroatoms. The predicted molar refractivity (Wildman–Crippen MR) is 120 cm³/mol. The molecule has 0 fully saturated rings. The van der Waals surface area contributed by atoms with Gasteiger partial charge in [-0.15, -0.1) is 13.2 Å². The third-order valence-corrected chi connectivity index (χ3v) is 5.21. The fourth-order valence-corrected chi connectivity index (χ4v) is 3.47. The molecule has 0 atom stereocenters. The maximum Gasteiger partial charge on any atom is 0.573 e. The highest BCUT2D eigenvalue weighted by Crippen LogP contribution is 2.36. The summed E-state index contributed by atoms with van der Waals surface area (Å²) < 4.78 is 144. The van der Waals surface area contributed by atoms with E-state index in [1.165, 1.54) is 0 Å². The Balaban J connectivity index is 1.80. The number of ether oxygens (including phenoxy) is 2. The lowest BCUT2D eigenvalue weighted by atomic mass is 10.0. The van der Waals surface area contributed by atoms with Crippen LogP contribution in [0.25, 0.3) is 0 Å². The average molecular weight is 564 g/mol. The Morgan fingerprint density at radius 1 is 0.692 bits per heavy atom. The van der Waals surface area contributed by atoms with Gasteiger partial charge in [-0.05, 0) is 54.8 Å². The highest BCUT2D eigenvalue weighted by Gasteiger charge is 2.41. The van der Waals surface area contributed by atoms with Crippen molar-refractivity contribution < 1.29 is 53.4 Å². The largest absolute Gasteiger partial charge is 0.573 e. The standard InChI is InChI=1S/C27H18F10O2/c1-2-3-4-5-15-10-20(29)24(21(30)11-15)26(33,34)38-18-9-8-17(19(28)14-18)7-6-16-12-22(31)25(23(32)13-16)39-27(35,36)37/h8-14H,2-5H2,1H3. The molecule has 0 saturated carbocycles. The summed E-state index contributed by atoms with van der Waals surface area (Å²) in [5.74, 6) is -6.07. The minimum absolute atomic E-state index is 0.189. The highest BCUT2D eigenvalue weighted by atomic mass is 19.4. The molecule has 0 bridgehead atoms. The summed E-state index contributed by atoms with van der Waals surface area (Å²) >= 11 is 0. The smallest absolute Gasteiger partial charge is 0.429 e. The summed E-state index contributed by atoms with van der Waals surface area (Å²) in [6.45, 7) is 1.92. The van der Waals surface area contributed by atoms with E-state index < -0.39 is 69.7 Å². The van der Waals surface area contributed by atoms with E-state index in [9.17, 15) is 43.9 Å². The normalized spacial score (nSPS) is 11.7. The van der Waals surface area contributed by atoms with Gasteiger partial charge in [0.25, 0.3) is 0 Å². The second-order valence-corrected chi connectivity index (χ2v) is 8.22. The lowest BCUT2D eigenvalue weighted by molar-refractivity contribution is -0.276. The molecule has 0 N–H and O–H groups in total. The van der Waals surface area contributed by atoms with E-state index in [-0.39, 0.29) is 12.0 Å². The van der Waals surface area contributed by atoms with E-state index in [4.69, 9.17) is 0 Å². The predicted octanol–water partition coefficient (Wildman–Crippen LogP) is 8.54. The fraction of sp³-hybridized carbons (Fsp3) is 0.259. The molecule has 3 aromatic carbocycles. The molecule has 0 amide bonds. The Morgan fingerprint density at radius 2 is 1.31 bits per heavy atom. The van der Waals surface area contributed by atoms with Gasteiger partial charge in [0.1, 0.15) is 28.8 Å². The molecule has 2 nitrogen and oxygen atoms in total. The average Bonchev–Trinajstić information content (AvgIpc) is 2.79.